The zero-order valence-corrected chi connectivity index (χ0v) is 6.06. The lowest BCUT2D eigenvalue weighted by Gasteiger charge is -1.96. The molecule has 0 radical (unpaired) electrons. The third kappa shape index (κ3) is 1.99. The van der Waals surface area contributed by atoms with E-state index < -0.39 is 0 Å². The van der Waals surface area contributed by atoms with Crippen LogP contribution < -0.4 is 17.2 Å². The van der Waals surface area contributed by atoms with Crippen molar-refractivity contribution in [3.05, 3.63) is 12.1 Å². The number of aromatic nitrogens is 1. The summed E-state index contributed by atoms with van der Waals surface area (Å²) >= 11 is 0. The minimum Gasteiger partial charge on any atom is -0.399 e. The van der Waals surface area contributed by atoms with Gasteiger partial charge in [-0.1, -0.05) is 0 Å². The Morgan fingerprint density at radius 2 is 1.40 bits per heavy atom. The first kappa shape index (κ1) is 8.84. The van der Waals surface area contributed by atoms with Crippen LogP contribution in [0, 0.1) is 0 Å². The number of nitrogens with zero attached hydrogens (tertiary/aromatic N) is 1. The van der Waals surface area contributed by atoms with Crippen LogP contribution in [0.25, 0.3) is 0 Å². The third-order valence-corrected chi connectivity index (χ3v) is 0.887. The maximum Gasteiger partial charge on any atom is 0.127 e. The molecule has 0 bridgehead atoms. The summed E-state index contributed by atoms with van der Waals surface area (Å²) < 4.78 is 0. The van der Waals surface area contributed by atoms with Crippen molar-refractivity contribution in [2.45, 2.75) is 0 Å². The van der Waals surface area contributed by atoms with Gasteiger partial charge in [-0.05, 0) is 0 Å². The summed E-state index contributed by atoms with van der Waals surface area (Å²) in [5.41, 5.74) is 16.5. The van der Waals surface area contributed by atoms with Crippen molar-refractivity contribution in [2.75, 3.05) is 17.2 Å². The number of hydrogen-bond donors (Lipinski definition) is 3. The molecule has 56 valence electrons. The smallest absolute Gasteiger partial charge is 0.127 e. The molecule has 0 aliphatic carbocycles. The Morgan fingerprint density at radius 1 is 1.00 bits per heavy atom. The van der Waals surface area contributed by atoms with Crippen molar-refractivity contribution in [1.29, 1.82) is 0 Å². The minimum atomic E-state index is 0. The predicted octanol–water partition coefficient (Wildman–Crippen LogP) is 0.250. The summed E-state index contributed by atoms with van der Waals surface area (Å²) in [6, 6.07) is 3.10. The minimum absolute atomic E-state index is 0. The zero-order valence-electron chi connectivity index (χ0n) is 5.24. The fourth-order valence-corrected chi connectivity index (χ4v) is 0.597. The van der Waals surface area contributed by atoms with Gasteiger partial charge in [0.15, 0.2) is 0 Å². The van der Waals surface area contributed by atoms with Gasteiger partial charge >= 0.3 is 0 Å². The number of pyridine rings is 1. The van der Waals surface area contributed by atoms with Crippen molar-refractivity contribution < 1.29 is 0 Å². The first-order valence-electron chi connectivity index (χ1n) is 2.47. The summed E-state index contributed by atoms with van der Waals surface area (Å²) in [6.07, 6.45) is 0. The van der Waals surface area contributed by atoms with Gasteiger partial charge in [-0.2, -0.15) is 0 Å². The van der Waals surface area contributed by atoms with Gasteiger partial charge in [0.1, 0.15) is 11.6 Å². The molecular formula is C5H9ClN4. The second-order valence-corrected chi connectivity index (χ2v) is 1.75. The number of halogens is 1. The molecule has 0 saturated heterocycles. The molecule has 0 atom stereocenters. The number of hydrogen-bond acceptors (Lipinski definition) is 4. The van der Waals surface area contributed by atoms with Crippen LogP contribution in [0.2, 0.25) is 0 Å². The van der Waals surface area contributed by atoms with Crippen LogP contribution in [-0.4, -0.2) is 4.98 Å². The monoisotopic (exact) mass is 160 g/mol. The van der Waals surface area contributed by atoms with Crippen LogP contribution in [0.15, 0.2) is 12.1 Å². The Balaban J connectivity index is 0.000000810. The molecule has 0 aliphatic heterocycles. The largest absolute Gasteiger partial charge is 0.399 e. The molecule has 6 N–H and O–H groups in total. The van der Waals surface area contributed by atoms with Gasteiger partial charge in [-0.3, -0.25) is 0 Å². The van der Waals surface area contributed by atoms with Crippen LogP contribution >= 0.6 is 12.4 Å². The molecule has 0 amide bonds. The molecule has 0 fully saturated rings. The second-order valence-electron chi connectivity index (χ2n) is 1.75. The van der Waals surface area contributed by atoms with E-state index in [-0.39, 0.29) is 12.4 Å². The van der Waals surface area contributed by atoms with Crippen LogP contribution in [0.1, 0.15) is 0 Å². The predicted molar refractivity (Wildman–Crippen MR) is 44.7 cm³/mol. The van der Waals surface area contributed by atoms with Gasteiger partial charge in [-0.15, -0.1) is 12.4 Å². The van der Waals surface area contributed by atoms with Crippen molar-refractivity contribution in [2.24, 2.45) is 0 Å². The van der Waals surface area contributed by atoms with E-state index in [1.165, 1.54) is 0 Å². The van der Waals surface area contributed by atoms with Gasteiger partial charge in [0.05, 0.1) is 0 Å². The van der Waals surface area contributed by atoms with E-state index in [0.29, 0.717) is 17.3 Å². The molecule has 1 rings (SSSR count). The van der Waals surface area contributed by atoms with Crippen LogP contribution in [0.3, 0.4) is 0 Å². The Kier molecular flexibility index (Phi) is 2.76. The average molecular weight is 161 g/mol. The summed E-state index contributed by atoms with van der Waals surface area (Å²) in [5, 5.41) is 0. The van der Waals surface area contributed by atoms with Crippen LogP contribution in [0.5, 0.6) is 0 Å². The van der Waals surface area contributed by atoms with Crippen molar-refractivity contribution >= 4 is 29.7 Å². The van der Waals surface area contributed by atoms with Crippen LogP contribution in [0.4, 0.5) is 17.3 Å². The summed E-state index contributed by atoms with van der Waals surface area (Å²) in [4.78, 5) is 3.71. The fourth-order valence-electron chi connectivity index (χ4n) is 0.597. The SMILES string of the molecule is Cl.Nc1cc(N)nc(N)c1. The Hall–Kier alpha value is -1.16. The number of anilines is 3. The lowest BCUT2D eigenvalue weighted by Crippen LogP contribution is -1.97. The van der Waals surface area contributed by atoms with E-state index in [9.17, 15) is 0 Å². The average Bonchev–Trinajstić information content (AvgIpc) is 1.59. The van der Waals surface area contributed by atoms with Crippen LogP contribution in [-0.2, 0) is 0 Å². The van der Waals surface area contributed by atoms with Crippen molar-refractivity contribution in [3.8, 4) is 0 Å². The standard InChI is InChI=1S/C5H8N4.ClH/c6-3-1-4(7)9-5(8)2-3;/h1-2H,(H6,6,7,8,9);1H. The highest BCUT2D eigenvalue weighted by Gasteiger charge is 1.90. The highest BCUT2D eigenvalue weighted by atomic mass is 35.5. The number of nitrogen functional groups attached to an aromatic ring is 3. The molecule has 10 heavy (non-hydrogen) atoms. The van der Waals surface area contributed by atoms with E-state index in [1.807, 2.05) is 0 Å². The molecule has 0 aromatic carbocycles. The van der Waals surface area contributed by atoms with Gasteiger partial charge in [-0.25, -0.2) is 4.98 Å². The summed E-state index contributed by atoms with van der Waals surface area (Å²) in [6.45, 7) is 0. The molecular weight excluding hydrogens is 152 g/mol. The first-order valence-corrected chi connectivity index (χ1v) is 2.47. The van der Waals surface area contributed by atoms with E-state index in [2.05, 4.69) is 4.98 Å². The first-order chi connectivity index (χ1) is 4.18. The van der Waals surface area contributed by atoms with Gasteiger partial charge < -0.3 is 17.2 Å². The summed E-state index contributed by atoms with van der Waals surface area (Å²) in [5.74, 6) is 0.708. The van der Waals surface area contributed by atoms with Gasteiger partial charge in [0.25, 0.3) is 0 Å². The second kappa shape index (κ2) is 3.12. The van der Waals surface area contributed by atoms with E-state index in [4.69, 9.17) is 17.2 Å². The normalized spacial score (nSPS) is 8.40. The zero-order chi connectivity index (χ0) is 6.85. The lowest BCUT2D eigenvalue weighted by molar-refractivity contribution is 1.35. The lowest BCUT2D eigenvalue weighted by atomic mass is 10.4. The molecule has 0 saturated carbocycles. The molecule has 1 heterocycles. The van der Waals surface area contributed by atoms with Gasteiger partial charge in [0.2, 0.25) is 0 Å². The number of rotatable bonds is 0. The van der Waals surface area contributed by atoms with E-state index in [1.54, 1.807) is 12.1 Å². The Labute approximate surface area is 64.8 Å². The summed E-state index contributed by atoms with van der Waals surface area (Å²) in [7, 11) is 0. The quantitative estimate of drug-likeness (QED) is 0.508. The molecule has 0 spiro atoms. The molecule has 0 aliphatic rings. The Bertz CT molecular complexity index is 174. The maximum absolute atomic E-state index is 5.36. The highest BCUT2D eigenvalue weighted by molar-refractivity contribution is 5.85. The van der Waals surface area contributed by atoms with Gasteiger partial charge in [0, 0.05) is 17.8 Å². The molecule has 5 heteroatoms. The topological polar surface area (TPSA) is 91.0 Å². The molecule has 1 aromatic heterocycles. The van der Waals surface area contributed by atoms with E-state index >= 15 is 0 Å². The molecule has 4 nitrogen and oxygen atoms in total. The number of nitrogens with two attached hydrogens (primary N) is 3. The highest BCUT2D eigenvalue weighted by Crippen LogP contribution is 2.09. The van der Waals surface area contributed by atoms with E-state index in [0.717, 1.165) is 0 Å². The van der Waals surface area contributed by atoms with Crippen molar-refractivity contribution in [3.63, 3.8) is 0 Å². The fraction of sp³-hybridized carbons (Fsp3) is 0. The third-order valence-electron chi connectivity index (χ3n) is 0.887. The molecule has 0 unspecified atom stereocenters. The van der Waals surface area contributed by atoms with Crippen molar-refractivity contribution in [1.82, 2.24) is 4.98 Å². The molecule has 1 aromatic rings. The Morgan fingerprint density at radius 3 is 1.70 bits per heavy atom. The maximum atomic E-state index is 5.36.